The maximum atomic E-state index is 12.8. The van der Waals surface area contributed by atoms with Crippen molar-refractivity contribution < 1.29 is 9.53 Å². The van der Waals surface area contributed by atoms with Crippen molar-refractivity contribution in [2.75, 3.05) is 12.8 Å². The van der Waals surface area contributed by atoms with Crippen molar-refractivity contribution in [3.05, 3.63) is 46.2 Å². The van der Waals surface area contributed by atoms with E-state index in [-0.39, 0.29) is 5.91 Å². The summed E-state index contributed by atoms with van der Waals surface area (Å²) in [6, 6.07) is 9.65. The molecule has 1 aliphatic carbocycles. The van der Waals surface area contributed by atoms with Gasteiger partial charge in [-0.1, -0.05) is 6.07 Å². The summed E-state index contributed by atoms with van der Waals surface area (Å²) in [6.07, 6.45) is 2.15. The summed E-state index contributed by atoms with van der Waals surface area (Å²) in [7, 11) is 1.59. The predicted molar refractivity (Wildman–Crippen MR) is 84.6 cm³/mol. The Labute approximate surface area is 128 Å². The number of rotatable bonds is 5. The third-order valence-corrected chi connectivity index (χ3v) is 4.51. The highest BCUT2D eigenvalue weighted by Gasteiger charge is 2.33. The summed E-state index contributed by atoms with van der Waals surface area (Å²) in [5, 5.41) is 2.03. The molecule has 1 fully saturated rings. The number of nitrogens with two attached hydrogens (primary N) is 1. The minimum absolute atomic E-state index is 0.00560. The van der Waals surface area contributed by atoms with Gasteiger partial charge in [0, 0.05) is 22.7 Å². The van der Waals surface area contributed by atoms with Crippen LogP contribution < -0.4 is 10.5 Å². The van der Waals surface area contributed by atoms with Gasteiger partial charge in [-0.25, -0.2) is 0 Å². The molecule has 0 spiro atoms. The summed E-state index contributed by atoms with van der Waals surface area (Å²) in [5.74, 6) is 0.673. The molecule has 0 bridgehead atoms. The molecular formula is C16H18N2O2S. The van der Waals surface area contributed by atoms with Crippen LogP contribution >= 0.6 is 11.3 Å². The Morgan fingerprint density at radius 3 is 2.81 bits per heavy atom. The van der Waals surface area contributed by atoms with Crippen molar-refractivity contribution >= 4 is 22.9 Å². The number of hydrogen-bond acceptors (Lipinski definition) is 4. The SMILES string of the molecule is COc1ccc(C(=O)N(Cc2cccs2)C2CC2)c(N)c1. The van der Waals surface area contributed by atoms with E-state index in [0.717, 1.165) is 12.8 Å². The second-order valence-corrected chi connectivity index (χ2v) is 6.23. The van der Waals surface area contributed by atoms with Gasteiger partial charge in [0.1, 0.15) is 5.75 Å². The molecule has 1 saturated carbocycles. The smallest absolute Gasteiger partial charge is 0.256 e. The number of ether oxygens (including phenoxy) is 1. The lowest BCUT2D eigenvalue weighted by atomic mass is 10.1. The van der Waals surface area contributed by atoms with Crippen LogP contribution in [0.15, 0.2) is 35.7 Å². The van der Waals surface area contributed by atoms with Crippen molar-refractivity contribution in [2.24, 2.45) is 0 Å². The number of amides is 1. The van der Waals surface area contributed by atoms with E-state index in [1.807, 2.05) is 16.3 Å². The van der Waals surface area contributed by atoms with Gasteiger partial charge in [0.15, 0.2) is 0 Å². The number of nitrogen functional groups attached to an aromatic ring is 1. The molecule has 3 rings (SSSR count). The van der Waals surface area contributed by atoms with Crippen molar-refractivity contribution in [1.82, 2.24) is 4.90 Å². The van der Waals surface area contributed by atoms with E-state index in [0.29, 0.717) is 29.6 Å². The standard InChI is InChI=1S/C16H18N2O2S/c1-20-12-6-7-14(15(17)9-12)16(19)18(11-4-5-11)10-13-3-2-8-21-13/h2-3,6-9,11H,4-5,10,17H2,1H3. The van der Waals surface area contributed by atoms with Crippen molar-refractivity contribution in [3.63, 3.8) is 0 Å². The van der Waals surface area contributed by atoms with Crippen molar-refractivity contribution in [2.45, 2.75) is 25.4 Å². The molecule has 1 heterocycles. The van der Waals surface area contributed by atoms with Gasteiger partial charge in [-0.05, 0) is 36.4 Å². The second kappa shape index (κ2) is 5.77. The zero-order chi connectivity index (χ0) is 14.8. The Kier molecular flexibility index (Phi) is 3.84. The van der Waals surface area contributed by atoms with Crippen LogP contribution in [0.3, 0.4) is 0 Å². The molecule has 0 aliphatic heterocycles. The fourth-order valence-corrected chi connectivity index (χ4v) is 3.04. The minimum Gasteiger partial charge on any atom is -0.497 e. The number of carbonyl (C=O) groups is 1. The highest BCUT2D eigenvalue weighted by molar-refractivity contribution is 7.09. The molecule has 0 unspecified atom stereocenters. The molecule has 110 valence electrons. The summed E-state index contributed by atoms with van der Waals surface area (Å²) in [4.78, 5) is 15.9. The van der Waals surface area contributed by atoms with Gasteiger partial charge >= 0.3 is 0 Å². The van der Waals surface area contributed by atoms with Crippen LogP contribution in [-0.4, -0.2) is 24.0 Å². The summed E-state index contributed by atoms with van der Waals surface area (Å²) in [5.41, 5.74) is 7.03. The molecule has 2 aromatic rings. The lowest BCUT2D eigenvalue weighted by molar-refractivity contribution is 0.0733. The maximum absolute atomic E-state index is 12.8. The normalized spacial score (nSPS) is 14.0. The van der Waals surface area contributed by atoms with Gasteiger partial charge in [0.2, 0.25) is 0 Å². The van der Waals surface area contributed by atoms with Crippen LogP contribution in [-0.2, 0) is 6.54 Å². The monoisotopic (exact) mass is 302 g/mol. The Hall–Kier alpha value is -2.01. The van der Waals surface area contributed by atoms with Gasteiger partial charge in [-0.15, -0.1) is 11.3 Å². The van der Waals surface area contributed by atoms with Crippen LogP contribution in [0.25, 0.3) is 0 Å². The largest absolute Gasteiger partial charge is 0.497 e. The highest BCUT2D eigenvalue weighted by atomic mass is 32.1. The predicted octanol–water partition coefficient (Wildman–Crippen LogP) is 3.14. The first kappa shape index (κ1) is 13.9. The van der Waals surface area contributed by atoms with Crippen LogP contribution in [0.1, 0.15) is 28.1 Å². The third kappa shape index (κ3) is 3.03. The van der Waals surface area contributed by atoms with Gasteiger partial charge in [0.05, 0.1) is 19.2 Å². The zero-order valence-electron chi connectivity index (χ0n) is 11.9. The fraction of sp³-hybridized carbons (Fsp3) is 0.312. The lowest BCUT2D eigenvalue weighted by Crippen LogP contribution is -2.32. The number of anilines is 1. The Bertz CT molecular complexity index is 636. The summed E-state index contributed by atoms with van der Waals surface area (Å²) < 4.78 is 5.13. The molecule has 0 radical (unpaired) electrons. The van der Waals surface area contributed by atoms with Crippen LogP contribution in [0, 0.1) is 0 Å². The zero-order valence-corrected chi connectivity index (χ0v) is 12.7. The topological polar surface area (TPSA) is 55.6 Å². The number of carbonyl (C=O) groups excluding carboxylic acids is 1. The van der Waals surface area contributed by atoms with Crippen molar-refractivity contribution in [1.29, 1.82) is 0 Å². The Morgan fingerprint density at radius 1 is 1.43 bits per heavy atom. The summed E-state index contributed by atoms with van der Waals surface area (Å²) >= 11 is 1.67. The number of hydrogen-bond donors (Lipinski definition) is 1. The van der Waals surface area contributed by atoms with Crippen LogP contribution in [0.2, 0.25) is 0 Å². The van der Waals surface area contributed by atoms with E-state index in [1.54, 1.807) is 36.6 Å². The van der Waals surface area contributed by atoms with Crippen molar-refractivity contribution in [3.8, 4) is 5.75 Å². The Balaban J connectivity index is 1.84. The lowest BCUT2D eigenvalue weighted by Gasteiger charge is -2.22. The molecule has 1 amide bonds. The highest BCUT2D eigenvalue weighted by Crippen LogP contribution is 2.32. The quantitative estimate of drug-likeness (QED) is 0.863. The van der Waals surface area contributed by atoms with Crippen LogP contribution in [0.5, 0.6) is 5.75 Å². The summed E-state index contributed by atoms with van der Waals surface area (Å²) in [6.45, 7) is 0.659. The molecule has 0 atom stereocenters. The van der Waals surface area contributed by atoms with E-state index in [2.05, 4.69) is 6.07 Å². The number of benzene rings is 1. The molecule has 21 heavy (non-hydrogen) atoms. The van der Waals surface area contributed by atoms with Gasteiger partial charge in [-0.3, -0.25) is 4.79 Å². The molecular weight excluding hydrogens is 284 g/mol. The molecule has 1 aromatic heterocycles. The van der Waals surface area contributed by atoms with Gasteiger partial charge < -0.3 is 15.4 Å². The average molecular weight is 302 g/mol. The average Bonchev–Trinajstić information content (AvgIpc) is 3.20. The van der Waals surface area contributed by atoms with E-state index in [1.165, 1.54) is 4.88 Å². The third-order valence-electron chi connectivity index (χ3n) is 3.64. The molecule has 5 heteroatoms. The second-order valence-electron chi connectivity index (χ2n) is 5.20. The molecule has 4 nitrogen and oxygen atoms in total. The number of nitrogens with zero attached hydrogens (tertiary/aromatic N) is 1. The van der Waals surface area contributed by atoms with E-state index < -0.39 is 0 Å². The number of methoxy groups -OCH3 is 1. The van der Waals surface area contributed by atoms with E-state index in [9.17, 15) is 4.79 Å². The van der Waals surface area contributed by atoms with E-state index >= 15 is 0 Å². The molecule has 2 N–H and O–H groups in total. The molecule has 1 aliphatic rings. The fourth-order valence-electron chi connectivity index (χ4n) is 2.34. The first-order valence-corrected chi connectivity index (χ1v) is 7.84. The Morgan fingerprint density at radius 2 is 2.24 bits per heavy atom. The molecule has 0 saturated heterocycles. The van der Waals surface area contributed by atoms with Crippen LogP contribution in [0.4, 0.5) is 5.69 Å². The van der Waals surface area contributed by atoms with Gasteiger partial charge in [-0.2, -0.15) is 0 Å². The number of thiophene rings is 1. The van der Waals surface area contributed by atoms with E-state index in [4.69, 9.17) is 10.5 Å². The molecule has 1 aromatic carbocycles. The van der Waals surface area contributed by atoms with Gasteiger partial charge in [0.25, 0.3) is 5.91 Å². The maximum Gasteiger partial charge on any atom is 0.256 e. The first-order valence-electron chi connectivity index (χ1n) is 6.96. The minimum atomic E-state index is 0.00560. The first-order chi connectivity index (χ1) is 10.2.